The molecule has 1 heterocycles. The Bertz CT molecular complexity index is 426. The van der Waals surface area contributed by atoms with E-state index in [-0.39, 0.29) is 22.9 Å². The molecule has 0 unspecified atom stereocenters. The Balaban J connectivity index is 3.36. The summed E-state index contributed by atoms with van der Waals surface area (Å²) in [5.41, 5.74) is -0.568. The minimum atomic E-state index is -2.85. The molecule has 0 aliphatic carbocycles. The first-order valence-corrected chi connectivity index (χ1v) is 5.15. The van der Waals surface area contributed by atoms with Crippen molar-refractivity contribution in [2.24, 2.45) is 0 Å². The van der Waals surface area contributed by atoms with Crippen molar-refractivity contribution in [1.29, 1.82) is 0 Å². The maximum Gasteiger partial charge on any atom is 0.309 e. The minimum Gasteiger partial charge on any atom is -0.495 e. The highest BCUT2D eigenvalue weighted by atomic mass is 35.5. The summed E-state index contributed by atoms with van der Waals surface area (Å²) < 4.78 is 30.6. The first-order chi connectivity index (χ1) is 8.01. The van der Waals surface area contributed by atoms with E-state index in [9.17, 15) is 13.6 Å². The maximum absolute atomic E-state index is 12.9. The number of aromatic nitrogens is 1. The lowest BCUT2D eigenvalue weighted by Gasteiger charge is -2.14. The Kier molecular flexibility index (Phi) is 4.62. The van der Waals surface area contributed by atoms with Crippen LogP contribution in [0.15, 0.2) is 6.20 Å². The number of hydrogen-bond acceptors (Lipinski definition) is 3. The van der Waals surface area contributed by atoms with Crippen molar-refractivity contribution in [2.45, 2.75) is 18.7 Å². The third kappa shape index (κ3) is 3.03. The van der Waals surface area contributed by atoms with E-state index >= 15 is 0 Å². The molecule has 94 valence electrons. The van der Waals surface area contributed by atoms with Gasteiger partial charge in [-0.2, -0.15) is 0 Å². The molecule has 0 spiro atoms. The highest BCUT2D eigenvalue weighted by Gasteiger charge is 2.23. The van der Waals surface area contributed by atoms with Crippen LogP contribution in [0.4, 0.5) is 8.78 Å². The fraction of sp³-hybridized carbons (Fsp3) is 0.400. The number of carbonyl (C=O) groups is 1. The van der Waals surface area contributed by atoms with Gasteiger partial charge in [-0.3, -0.25) is 9.78 Å². The second kappa shape index (κ2) is 5.77. The van der Waals surface area contributed by atoms with Gasteiger partial charge in [-0.25, -0.2) is 8.78 Å². The number of alkyl halides is 3. The van der Waals surface area contributed by atoms with Crippen molar-refractivity contribution in [3.8, 4) is 5.75 Å². The molecule has 1 N–H and O–H groups in total. The molecular formula is C10H10ClF2NO3. The molecule has 7 heteroatoms. The van der Waals surface area contributed by atoms with Gasteiger partial charge in [0.1, 0.15) is 5.75 Å². The summed E-state index contributed by atoms with van der Waals surface area (Å²) in [6.45, 7) is 0. The van der Waals surface area contributed by atoms with Crippen LogP contribution in [0.5, 0.6) is 5.75 Å². The molecule has 1 aromatic rings. The lowest BCUT2D eigenvalue weighted by atomic mass is 10.1. The van der Waals surface area contributed by atoms with Gasteiger partial charge >= 0.3 is 5.97 Å². The van der Waals surface area contributed by atoms with Gasteiger partial charge in [0.25, 0.3) is 6.43 Å². The third-order valence-corrected chi connectivity index (χ3v) is 2.43. The molecule has 0 radical (unpaired) electrons. The second-order valence-electron chi connectivity index (χ2n) is 3.17. The predicted molar refractivity (Wildman–Crippen MR) is 56.6 cm³/mol. The standard InChI is InChI=1S/C10H10ClF2NO3/c1-17-7-4-14-6(2-8(15)16)9(10(12)13)5(7)3-11/h4,10H,2-3H2,1H3,(H,15,16). The molecule has 0 atom stereocenters. The monoisotopic (exact) mass is 265 g/mol. The maximum atomic E-state index is 12.9. The number of carboxylic acid groups (broad SMARTS) is 1. The molecule has 0 fully saturated rings. The highest BCUT2D eigenvalue weighted by Crippen LogP contribution is 2.33. The van der Waals surface area contributed by atoms with Gasteiger partial charge in [0, 0.05) is 11.1 Å². The lowest BCUT2D eigenvalue weighted by molar-refractivity contribution is -0.136. The van der Waals surface area contributed by atoms with E-state index in [0.29, 0.717) is 0 Å². The number of rotatable bonds is 5. The molecule has 0 aliphatic heterocycles. The van der Waals surface area contributed by atoms with E-state index in [0.717, 1.165) is 0 Å². The van der Waals surface area contributed by atoms with Crippen molar-refractivity contribution < 1.29 is 23.4 Å². The highest BCUT2D eigenvalue weighted by molar-refractivity contribution is 6.17. The zero-order valence-corrected chi connectivity index (χ0v) is 9.67. The second-order valence-corrected chi connectivity index (χ2v) is 3.44. The Morgan fingerprint density at radius 2 is 2.29 bits per heavy atom. The molecular weight excluding hydrogens is 256 g/mol. The van der Waals surface area contributed by atoms with Gasteiger partial charge in [0.15, 0.2) is 0 Å². The summed E-state index contributed by atoms with van der Waals surface area (Å²) in [7, 11) is 1.30. The topological polar surface area (TPSA) is 59.4 Å². The van der Waals surface area contributed by atoms with Crippen LogP contribution in [0.3, 0.4) is 0 Å². The first-order valence-electron chi connectivity index (χ1n) is 4.61. The van der Waals surface area contributed by atoms with Crippen LogP contribution in [-0.2, 0) is 17.1 Å². The molecule has 0 saturated carbocycles. The zero-order chi connectivity index (χ0) is 13.0. The molecule has 1 rings (SSSR count). The molecule has 0 aromatic carbocycles. The number of hydrogen-bond donors (Lipinski definition) is 1. The quantitative estimate of drug-likeness (QED) is 0.831. The first kappa shape index (κ1) is 13.6. The van der Waals surface area contributed by atoms with Crippen molar-refractivity contribution in [3.63, 3.8) is 0 Å². The van der Waals surface area contributed by atoms with E-state index in [2.05, 4.69) is 4.98 Å². The Morgan fingerprint density at radius 1 is 1.65 bits per heavy atom. The molecule has 0 aliphatic rings. The average molecular weight is 266 g/mol. The van der Waals surface area contributed by atoms with Crippen LogP contribution in [0.25, 0.3) is 0 Å². The van der Waals surface area contributed by atoms with Crippen LogP contribution in [0.2, 0.25) is 0 Å². The minimum absolute atomic E-state index is 0.0791. The van der Waals surface area contributed by atoms with Gasteiger partial charge < -0.3 is 9.84 Å². The molecule has 1 aromatic heterocycles. The molecule has 4 nitrogen and oxygen atoms in total. The van der Waals surface area contributed by atoms with Gasteiger partial charge in [-0.15, -0.1) is 11.6 Å². The number of carboxylic acids is 1. The van der Waals surface area contributed by atoms with Crippen LogP contribution < -0.4 is 4.74 Å². The summed E-state index contributed by atoms with van der Waals surface area (Å²) >= 11 is 5.58. The Labute approximate surface area is 101 Å². The van der Waals surface area contributed by atoms with E-state index in [1.54, 1.807) is 0 Å². The fourth-order valence-electron chi connectivity index (χ4n) is 1.45. The van der Waals surface area contributed by atoms with E-state index in [1.807, 2.05) is 0 Å². The number of ether oxygens (including phenoxy) is 1. The SMILES string of the molecule is COc1cnc(CC(=O)O)c(C(F)F)c1CCl. The zero-order valence-electron chi connectivity index (χ0n) is 8.91. The van der Waals surface area contributed by atoms with Crippen LogP contribution in [0, 0.1) is 0 Å². The van der Waals surface area contributed by atoms with E-state index < -0.39 is 24.4 Å². The number of aliphatic carboxylic acids is 1. The summed E-state index contributed by atoms with van der Waals surface area (Å²) in [5, 5.41) is 8.61. The van der Waals surface area contributed by atoms with E-state index in [4.69, 9.17) is 21.4 Å². The Hall–Kier alpha value is -1.43. The normalized spacial score (nSPS) is 10.6. The summed E-state index contributed by atoms with van der Waals surface area (Å²) in [4.78, 5) is 14.2. The average Bonchev–Trinajstić information content (AvgIpc) is 2.26. The number of methoxy groups -OCH3 is 1. The van der Waals surface area contributed by atoms with Crippen LogP contribution >= 0.6 is 11.6 Å². The number of halogens is 3. The van der Waals surface area contributed by atoms with Gasteiger partial charge in [-0.1, -0.05) is 0 Å². The van der Waals surface area contributed by atoms with Crippen molar-refractivity contribution in [2.75, 3.05) is 7.11 Å². The summed E-state index contributed by atoms with van der Waals surface area (Å²) in [6, 6.07) is 0. The van der Waals surface area contributed by atoms with Gasteiger partial charge in [0.2, 0.25) is 0 Å². The molecule has 17 heavy (non-hydrogen) atoms. The fourth-order valence-corrected chi connectivity index (χ4v) is 1.72. The van der Waals surface area contributed by atoms with Crippen LogP contribution in [-0.4, -0.2) is 23.2 Å². The Morgan fingerprint density at radius 3 is 2.71 bits per heavy atom. The van der Waals surface area contributed by atoms with Crippen LogP contribution in [0.1, 0.15) is 23.2 Å². The molecule has 0 saturated heterocycles. The van der Waals surface area contributed by atoms with Crippen molar-refractivity contribution in [1.82, 2.24) is 4.98 Å². The smallest absolute Gasteiger partial charge is 0.309 e. The van der Waals surface area contributed by atoms with Crippen molar-refractivity contribution >= 4 is 17.6 Å². The number of nitrogens with zero attached hydrogens (tertiary/aromatic N) is 1. The lowest BCUT2D eigenvalue weighted by Crippen LogP contribution is -2.10. The molecule has 0 bridgehead atoms. The summed E-state index contributed by atoms with van der Waals surface area (Å²) in [5.74, 6) is -1.30. The largest absolute Gasteiger partial charge is 0.495 e. The number of pyridine rings is 1. The van der Waals surface area contributed by atoms with E-state index in [1.165, 1.54) is 13.3 Å². The molecule has 0 amide bonds. The van der Waals surface area contributed by atoms with Crippen molar-refractivity contribution in [3.05, 3.63) is 23.0 Å². The summed E-state index contributed by atoms with van der Waals surface area (Å²) in [6.07, 6.45) is -2.23. The van der Waals surface area contributed by atoms with Gasteiger partial charge in [0.05, 0.1) is 31.3 Å². The third-order valence-electron chi connectivity index (χ3n) is 2.16. The predicted octanol–water partition coefficient (Wildman–Crippen LogP) is 2.39. The van der Waals surface area contributed by atoms with Gasteiger partial charge in [-0.05, 0) is 0 Å².